The van der Waals surface area contributed by atoms with Crippen molar-refractivity contribution in [1.82, 2.24) is 19.3 Å². The summed E-state index contributed by atoms with van der Waals surface area (Å²) in [5.41, 5.74) is 0. The lowest BCUT2D eigenvalue weighted by molar-refractivity contribution is 0.239. The Morgan fingerprint density at radius 2 is 2.08 bits per heavy atom. The van der Waals surface area contributed by atoms with Crippen LogP contribution in [-0.4, -0.2) is 25.4 Å². The van der Waals surface area contributed by atoms with Gasteiger partial charge in [-0.05, 0) is 0 Å². The molecule has 0 aliphatic carbocycles. The van der Waals surface area contributed by atoms with Crippen molar-refractivity contribution in [2.45, 2.75) is 13.8 Å². The summed E-state index contributed by atoms with van der Waals surface area (Å²) < 4.78 is 2.75. The Morgan fingerprint density at radius 1 is 1.38 bits per heavy atom. The highest BCUT2D eigenvalue weighted by Crippen LogP contribution is 1.91. The molecule has 0 spiro atoms. The van der Waals surface area contributed by atoms with Gasteiger partial charge in [0.15, 0.2) is 0 Å². The van der Waals surface area contributed by atoms with Crippen molar-refractivity contribution in [3.05, 3.63) is 31.1 Å². The number of rotatable bonds is 0. The highest BCUT2D eigenvalue weighted by Gasteiger charge is 2.04. The van der Waals surface area contributed by atoms with Crippen LogP contribution in [0, 0.1) is 0 Å². The Bertz CT molecular complexity index is 334. The number of imidazole rings is 1. The topological polar surface area (TPSA) is 55.6 Å². The number of carbonyl (C=O) groups excluding carboxylic acids is 1. The zero-order valence-corrected chi connectivity index (χ0v) is 7.64. The molecule has 0 radical (unpaired) electrons. The van der Waals surface area contributed by atoms with Crippen LogP contribution in [0.3, 0.4) is 0 Å². The third-order valence-corrected chi connectivity index (χ3v) is 1.37. The molecule has 0 saturated carbocycles. The molecule has 1 N–H and O–H groups in total. The summed E-state index contributed by atoms with van der Waals surface area (Å²) in [4.78, 5) is 15.0. The molecule has 5 nitrogen and oxygen atoms in total. The molecule has 0 bridgehead atoms. The summed E-state index contributed by atoms with van der Waals surface area (Å²) in [7, 11) is 0. The second-order valence-corrected chi connectivity index (χ2v) is 2.07. The van der Waals surface area contributed by atoms with E-state index in [1.165, 1.54) is 15.6 Å². The molecule has 0 unspecified atom stereocenters. The average molecular weight is 180 g/mol. The zero-order chi connectivity index (χ0) is 9.68. The molecule has 2 aromatic rings. The maximum atomic E-state index is 11.2. The number of hydrogen-bond donors (Lipinski definition) is 1. The van der Waals surface area contributed by atoms with Crippen LogP contribution in [0.4, 0.5) is 4.79 Å². The summed E-state index contributed by atoms with van der Waals surface area (Å²) in [6.45, 7) is 4.00. The summed E-state index contributed by atoms with van der Waals surface area (Å²) in [5.74, 6) is 0. The lowest BCUT2D eigenvalue weighted by Gasteiger charge is -2.06. The number of nitrogens with one attached hydrogen (secondary N) is 1. The van der Waals surface area contributed by atoms with E-state index in [4.69, 9.17) is 0 Å². The van der Waals surface area contributed by atoms with Gasteiger partial charge in [-0.3, -0.25) is 9.67 Å². The van der Waals surface area contributed by atoms with Crippen LogP contribution >= 0.6 is 0 Å². The van der Waals surface area contributed by atoms with Crippen molar-refractivity contribution < 1.29 is 4.79 Å². The number of nitrogens with zero attached hydrogens (tertiary/aromatic N) is 3. The molecule has 2 aromatic heterocycles. The first kappa shape index (κ1) is 9.31. The van der Waals surface area contributed by atoms with Crippen LogP contribution in [0.5, 0.6) is 0 Å². The van der Waals surface area contributed by atoms with E-state index in [0.29, 0.717) is 0 Å². The molecule has 13 heavy (non-hydrogen) atoms. The molecule has 2 rings (SSSR count). The smallest absolute Gasteiger partial charge is 0.296 e. The SMILES string of the molecule is CC.O=C(n1ccnc1)n1cc[nH]1. The van der Waals surface area contributed by atoms with Gasteiger partial charge in [0.1, 0.15) is 6.33 Å². The second-order valence-electron chi connectivity index (χ2n) is 2.07. The molecule has 0 fully saturated rings. The third kappa shape index (κ3) is 1.87. The Balaban J connectivity index is 0.000000396. The normalized spacial score (nSPS) is 9.08. The molecular weight excluding hydrogens is 168 g/mol. The van der Waals surface area contributed by atoms with Crippen LogP contribution in [0.25, 0.3) is 0 Å². The number of H-pyrrole nitrogens is 1. The fourth-order valence-electron chi connectivity index (χ4n) is 0.765. The Morgan fingerprint density at radius 3 is 2.46 bits per heavy atom. The molecule has 0 amide bonds. The summed E-state index contributed by atoms with van der Waals surface area (Å²) in [5, 5.41) is 2.69. The Hall–Kier alpha value is -1.78. The van der Waals surface area contributed by atoms with Gasteiger partial charge >= 0.3 is 6.03 Å². The quantitative estimate of drug-likeness (QED) is 0.668. The average Bonchev–Trinajstić information content (AvgIpc) is 2.56. The van der Waals surface area contributed by atoms with Crippen LogP contribution in [0.1, 0.15) is 13.8 Å². The lowest BCUT2D eigenvalue weighted by atomic mass is 10.7. The minimum absolute atomic E-state index is 0.162. The maximum absolute atomic E-state index is 11.2. The van der Waals surface area contributed by atoms with Gasteiger partial charge in [-0.2, -0.15) is 0 Å². The highest BCUT2D eigenvalue weighted by molar-refractivity contribution is 5.78. The largest absolute Gasteiger partial charge is 0.352 e. The van der Waals surface area contributed by atoms with Crippen molar-refractivity contribution in [2.24, 2.45) is 0 Å². The Kier molecular flexibility index (Phi) is 3.08. The monoisotopic (exact) mass is 180 g/mol. The molecule has 5 heteroatoms. The van der Waals surface area contributed by atoms with Crippen molar-refractivity contribution in [1.29, 1.82) is 0 Å². The van der Waals surface area contributed by atoms with E-state index >= 15 is 0 Å². The second kappa shape index (κ2) is 4.30. The van der Waals surface area contributed by atoms with Gasteiger partial charge < -0.3 is 0 Å². The van der Waals surface area contributed by atoms with Gasteiger partial charge in [-0.25, -0.2) is 14.5 Å². The maximum Gasteiger partial charge on any atom is 0.352 e. The molecular formula is C8H12N4O. The predicted octanol–water partition coefficient (Wildman–Crippen LogP) is 1.56. The van der Waals surface area contributed by atoms with E-state index in [1.54, 1.807) is 24.8 Å². The van der Waals surface area contributed by atoms with E-state index in [-0.39, 0.29) is 6.03 Å². The first-order valence-electron chi connectivity index (χ1n) is 4.12. The van der Waals surface area contributed by atoms with Gasteiger partial charge in [0.05, 0.1) is 0 Å². The third-order valence-electron chi connectivity index (χ3n) is 1.37. The molecule has 2 heterocycles. The molecule has 0 aromatic carbocycles. The first-order valence-corrected chi connectivity index (χ1v) is 4.12. The lowest BCUT2D eigenvalue weighted by Crippen LogP contribution is -2.22. The molecule has 0 aliphatic rings. The highest BCUT2D eigenvalue weighted by atomic mass is 16.2. The number of aromatic nitrogens is 4. The minimum atomic E-state index is -0.162. The van der Waals surface area contributed by atoms with Crippen LogP contribution in [-0.2, 0) is 0 Å². The van der Waals surface area contributed by atoms with Crippen molar-refractivity contribution in [2.75, 3.05) is 0 Å². The van der Waals surface area contributed by atoms with E-state index in [9.17, 15) is 4.79 Å². The van der Waals surface area contributed by atoms with Gasteiger partial charge in [0, 0.05) is 24.8 Å². The number of aromatic amines is 1. The van der Waals surface area contributed by atoms with Crippen molar-refractivity contribution >= 4 is 6.03 Å². The fourth-order valence-corrected chi connectivity index (χ4v) is 0.765. The van der Waals surface area contributed by atoms with Gasteiger partial charge in [-0.1, -0.05) is 13.8 Å². The predicted molar refractivity (Wildman–Crippen MR) is 48.5 cm³/mol. The van der Waals surface area contributed by atoms with Crippen LogP contribution in [0.2, 0.25) is 0 Å². The van der Waals surface area contributed by atoms with Crippen molar-refractivity contribution in [3.63, 3.8) is 0 Å². The molecule has 70 valence electrons. The van der Waals surface area contributed by atoms with Gasteiger partial charge in [0.2, 0.25) is 0 Å². The molecule has 0 aliphatic heterocycles. The molecule has 0 atom stereocenters. The van der Waals surface area contributed by atoms with Crippen LogP contribution in [0.15, 0.2) is 31.1 Å². The van der Waals surface area contributed by atoms with Gasteiger partial charge in [-0.15, -0.1) is 0 Å². The van der Waals surface area contributed by atoms with E-state index in [0.717, 1.165) is 0 Å². The van der Waals surface area contributed by atoms with Crippen LogP contribution < -0.4 is 0 Å². The van der Waals surface area contributed by atoms with E-state index in [1.807, 2.05) is 13.8 Å². The summed E-state index contributed by atoms with van der Waals surface area (Å²) >= 11 is 0. The summed E-state index contributed by atoms with van der Waals surface area (Å²) in [6, 6.07) is -0.162. The fraction of sp³-hybridized carbons (Fsp3) is 0.250. The number of carbonyl (C=O) groups is 1. The number of hydrogen-bond acceptors (Lipinski definition) is 2. The van der Waals surface area contributed by atoms with E-state index in [2.05, 4.69) is 10.1 Å². The van der Waals surface area contributed by atoms with Crippen molar-refractivity contribution in [3.8, 4) is 0 Å². The van der Waals surface area contributed by atoms with Gasteiger partial charge in [0.25, 0.3) is 0 Å². The zero-order valence-electron chi connectivity index (χ0n) is 7.64. The van der Waals surface area contributed by atoms with E-state index < -0.39 is 0 Å². The first-order chi connectivity index (χ1) is 6.38. The summed E-state index contributed by atoms with van der Waals surface area (Å²) in [6.07, 6.45) is 7.92. The standard InChI is InChI=1S/C6H6N4O.C2H6/c11-6(10-4-2-8-10)9-3-1-7-5-9;1-2/h1-5,8H;1-2H3. The minimum Gasteiger partial charge on any atom is -0.296 e. The Labute approximate surface area is 76.0 Å². The molecule has 0 saturated heterocycles.